The normalized spacial score (nSPS) is 11.5. The van der Waals surface area contributed by atoms with E-state index in [-0.39, 0.29) is 0 Å². The van der Waals surface area contributed by atoms with Crippen molar-refractivity contribution in [2.45, 2.75) is 19.3 Å². The second kappa shape index (κ2) is 5.48. The fourth-order valence-corrected chi connectivity index (χ4v) is 0.782. The molecule has 1 unspecified atom stereocenters. The number of aliphatic carboxylic acids is 1. The van der Waals surface area contributed by atoms with Crippen LogP contribution in [0.3, 0.4) is 0 Å². The van der Waals surface area contributed by atoms with Gasteiger partial charge in [-0.25, -0.2) is 0 Å². The van der Waals surface area contributed by atoms with Crippen LogP contribution in [0.1, 0.15) is 19.3 Å². The summed E-state index contributed by atoms with van der Waals surface area (Å²) in [5.41, 5.74) is 0. The Hall–Kier alpha value is -1.30. The highest BCUT2D eigenvalue weighted by molar-refractivity contribution is 5.70. The highest BCUT2D eigenvalue weighted by Gasteiger charge is 2.14. The summed E-state index contributed by atoms with van der Waals surface area (Å²) in [5, 5.41) is 16.8. The Morgan fingerprint density at radius 3 is 2.82 bits per heavy atom. The van der Waals surface area contributed by atoms with Crippen LogP contribution in [0.4, 0.5) is 0 Å². The summed E-state index contributed by atoms with van der Waals surface area (Å²) in [6.07, 6.45) is 2.72. The van der Waals surface area contributed by atoms with Gasteiger partial charge < -0.3 is 5.11 Å². The maximum Gasteiger partial charge on any atom is 0.306 e. The van der Waals surface area contributed by atoms with E-state index >= 15 is 0 Å². The second-order valence-electron chi connectivity index (χ2n) is 2.26. The van der Waals surface area contributed by atoms with Crippen molar-refractivity contribution in [2.24, 2.45) is 5.92 Å². The van der Waals surface area contributed by atoms with Crippen LogP contribution in [0.25, 0.3) is 0 Å². The van der Waals surface area contributed by atoms with Gasteiger partial charge in [-0.3, -0.25) is 4.79 Å². The Labute approximate surface area is 66.0 Å². The van der Waals surface area contributed by atoms with E-state index in [1.54, 1.807) is 6.08 Å². The van der Waals surface area contributed by atoms with Crippen LogP contribution in [0.5, 0.6) is 0 Å². The molecule has 60 valence electrons. The molecule has 1 N–H and O–H groups in total. The van der Waals surface area contributed by atoms with Crippen LogP contribution >= 0.6 is 0 Å². The molecule has 0 aromatic rings. The third-order valence-electron chi connectivity index (χ3n) is 1.41. The summed E-state index contributed by atoms with van der Waals surface area (Å²) >= 11 is 0. The van der Waals surface area contributed by atoms with E-state index in [9.17, 15) is 4.79 Å². The first-order valence-corrected chi connectivity index (χ1v) is 3.43. The lowest BCUT2D eigenvalue weighted by Crippen LogP contribution is -2.12. The zero-order valence-corrected chi connectivity index (χ0v) is 6.29. The zero-order valence-electron chi connectivity index (χ0n) is 6.29. The van der Waals surface area contributed by atoms with E-state index in [2.05, 4.69) is 6.58 Å². The largest absolute Gasteiger partial charge is 0.481 e. The van der Waals surface area contributed by atoms with Crippen molar-refractivity contribution in [3.8, 4) is 6.07 Å². The van der Waals surface area contributed by atoms with Gasteiger partial charge in [0.15, 0.2) is 0 Å². The molecule has 0 bridgehead atoms. The average Bonchev–Trinajstić information content (AvgIpc) is 1.97. The number of allylic oxidation sites excluding steroid dienone is 1. The number of hydrogen-bond acceptors (Lipinski definition) is 2. The first kappa shape index (κ1) is 9.70. The molecule has 0 aliphatic heterocycles. The predicted molar refractivity (Wildman–Crippen MR) is 40.8 cm³/mol. The Morgan fingerprint density at radius 2 is 2.45 bits per heavy atom. The molecule has 0 aromatic heterocycles. The molecule has 1 atom stereocenters. The highest BCUT2D eigenvalue weighted by atomic mass is 16.4. The first-order chi connectivity index (χ1) is 5.22. The van der Waals surface area contributed by atoms with Crippen LogP contribution in [0.15, 0.2) is 12.7 Å². The molecule has 0 saturated carbocycles. The number of carboxylic acids is 1. The van der Waals surface area contributed by atoms with Crippen LogP contribution in [0.2, 0.25) is 0 Å². The monoisotopic (exact) mass is 153 g/mol. The summed E-state index contributed by atoms with van der Waals surface area (Å²) in [5.74, 6) is -1.28. The molecule has 11 heavy (non-hydrogen) atoms. The lowest BCUT2D eigenvalue weighted by molar-refractivity contribution is -0.141. The van der Waals surface area contributed by atoms with Crippen molar-refractivity contribution in [2.75, 3.05) is 0 Å². The standard InChI is InChI=1S/C8H11NO2/c1-2-4-7(8(10)11)5-3-6-9/h2,7H,1,3-5H2,(H,10,11). The topological polar surface area (TPSA) is 61.1 Å². The molecular formula is C8H11NO2. The first-order valence-electron chi connectivity index (χ1n) is 3.43. The van der Waals surface area contributed by atoms with Gasteiger partial charge in [-0.15, -0.1) is 6.58 Å². The van der Waals surface area contributed by atoms with Crippen molar-refractivity contribution in [1.82, 2.24) is 0 Å². The maximum absolute atomic E-state index is 10.4. The molecule has 0 radical (unpaired) electrons. The van der Waals surface area contributed by atoms with Gasteiger partial charge in [0.05, 0.1) is 12.0 Å². The minimum absolute atomic E-state index is 0.296. The Bertz CT molecular complexity index is 181. The number of nitriles is 1. The molecule has 0 fully saturated rings. The van der Waals surface area contributed by atoms with Gasteiger partial charge in [0, 0.05) is 6.42 Å². The molecule has 0 spiro atoms. The lowest BCUT2D eigenvalue weighted by atomic mass is 10.0. The molecule has 0 heterocycles. The molecule has 0 aliphatic carbocycles. The van der Waals surface area contributed by atoms with Crippen LogP contribution in [0, 0.1) is 17.2 Å². The van der Waals surface area contributed by atoms with Gasteiger partial charge in [-0.2, -0.15) is 5.26 Å². The van der Waals surface area contributed by atoms with Gasteiger partial charge in [0.25, 0.3) is 0 Å². The van der Waals surface area contributed by atoms with Crippen molar-refractivity contribution in [3.05, 3.63) is 12.7 Å². The quantitative estimate of drug-likeness (QED) is 0.610. The number of nitrogens with zero attached hydrogens (tertiary/aromatic N) is 1. The molecule has 3 heteroatoms. The predicted octanol–water partition coefficient (Wildman–Crippen LogP) is 1.57. The van der Waals surface area contributed by atoms with Gasteiger partial charge in [-0.1, -0.05) is 6.08 Å². The molecular weight excluding hydrogens is 142 g/mol. The van der Waals surface area contributed by atoms with Gasteiger partial charge >= 0.3 is 5.97 Å². The SMILES string of the molecule is C=CCC(CCC#N)C(=O)O. The maximum atomic E-state index is 10.4. The molecule has 0 rings (SSSR count). The van der Waals surface area contributed by atoms with Crippen molar-refractivity contribution < 1.29 is 9.90 Å². The summed E-state index contributed by atoms with van der Waals surface area (Å²) in [6, 6.07) is 1.91. The average molecular weight is 153 g/mol. The van der Waals surface area contributed by atoms with Gasteiger partial charge in [-0.05, 0) is 12.8 Å². The van der Waals surface area contributed by atoms with E-state index in [0.717, 1.165) is 0 Å². The number of hydrogen-bond donors (Lipinski definition) is 1. The van der Waals surface area contributed by atoms with E-state index in [4.69, 9.17) is 10.4 Å². The van der Waals surface area contributed by atoms with E-state index in [1.807, 2.05) is 6.07 Å². The number of rotatable bonds is 5. The smallest absolute Gasteiger partial charge is 0.306 e. The Balaban J connectivity index is 3.80. The van der Waals surface area contributed by atoms with E-state index < -0.39 is 11.9 Å². The molecule has 0 amide bonds. The van der Waals surface area contributed by atoms with Crippen LogP contribution < -0.4 is 0 Å². The summed E-state index contributed by atoms with van der Waals surface area (Å²) < 4.78 is 0. The minimum Gasteiger partial charge on any atom is -0.481 e. The van der Waals surface area contributed by atoms with Gasteiger partial charge in [0.1, 0.15) is 0 Å². The lowest BCUT2D eigenvalue weighted by Gasteiger charge is -2.05. The molecule has 0 aromatic carbocycles. The van der Waals surface area contributed by atoms with E-state index in [0.29, 0.717) is 19.3 Å². The molecule has 3 nitrogen and oxygen atoms in total. The van der Waals surface area contributed by atoms with Crippen molar-refractivity contribution in [3.63, 3.8) is 0 Å². The number of carboxylic acid groups (broad SMARTS) is 1. The molecule has 0 aliphatic rings. The number of carbonyl (C=O) groups is 1. The zero-order chi connectivity index (χ0) is 8.69. The summed E-state index contributed by atoms with van der Waals surface area (Å²) in [6.45, 7) is 3.44. The Morgan fingerprint density at radius 1 is 1.82 bits per heavy atom. The third-order valence-corrected chi connectivity index (χ3v) is 1.41. The van der Waals surface area contributed by atoms with Crippen molar-refractivity contribution in [1.29, 1.82) is 5.26 Å². The summed E-state index contributed by atoms with van der Waals surface area (Å²) in [4.78, 5) is 10.4. The molecule has 0 saturated heterocycles. The minimum atomic E-state index is -0.847. The third kappa shape index (κ3) is 4.15. The van der Waals surface area contributed by atoms with Gasteiger partial charge in [0.2, 0.25) is 0 Å². The van der Waals surface area contributed by atoms with Crippen LogP contribution in [-0.2, 0) is 4.79 Å². The second-order valence-corrected chi connectivity index (χ2v) is 2.26. The van der Waals surface area contributed by atoms with E-state index in [1.165, 1.54) is 0 Å². The fraction of sp³-hybridized carbons (Fsp3) is 0.500. The highest BCUT2D eigenvalue weighted by Crippen LogP contribution is 2.11. The summed E-state index contributed by atoms with van der Waals surface area (Å²) in [7, 11) is 0. The fourth-order valence-electron chi connectivity index (χ4n) is 0.782. The van der Waals surface area contributed by atoms with Crippen LogP contribution in [-0.4, -0.2) is 11.1 Å². The van der Waals surface area contributed by atoms with Crippen molar-refractivity contribution >= 4 is 5.97 Å². The Kier molecular flexibility index (Phi) is 4.83.